The summed E-state index contributed by atoms with van der Waals surface area (Å²) in [6.45, 7) is 14.0. The molecule has 2 aliphatic rings. The molecule has 9 nitrogen and oxygen atoms in total. The summed E-state index contributed by atoms with van der Waals surface area (Å²) in [5, 5.41) is 2.91. The van der Waals surface area contributed by atoms with E-state index in [9.17, 15) is 4.79 Å². The van der Waals surface area contributed by atoms with Crippen molar-refractivity contribution in [2.45, 2.75) is 71.3 Å². The Morgan fingerprint density at radius 1 is 1.05 bits per heavy atom. The summed E-state index contributed by atoms with van der Waals surface area (Å²) in [7, 11) is -0.547. The molecule has 4 aromatic rings. The van der Waals surface area contributed by atoms with Gasteiger partial charge in [0.15, 0.2) is 0 Å². The number of benzene rings is 2. The van der Waals surface area contributed by atoms with Crippen molar-refractivity contribution in [1.29, 1.82) is 0 Å². The number of hydrogen-bond acceptors (Lipinski definition) is 7. The Hall–Kier alpha value is -3.89. The van der Waals surface area contributed by atoms with Crippen LogP contribution < -0.4 is 15.5 Å². The molecule has 1 saturated heterocycles. The number of ether oxygens (including phenoxy) is 2. The zero-order chi connectivity index (χ0) is 29.2. The molecule has 1 amide bonds. The second-order valence-electron chi connectivity index (χ2n) is 12.6. The minimum atomic E-state index is -0.580. The first kappa shape index (κ1) is 27.3. The normalized spacial score (nSPS) is 19.2. The van der Waals surface area contributed by atoms with Crippen LogP contribution >= 0.6 is 0 Å². The Morgan fingerprint density at radius 2 is 1.76 bits per heavy atom. The number of fused-ring (bicyclic) bond motifs is 2. The molecule has 0 radical (unpaired) electrons. The van der Waals surface area contributed by atoms with Gasteiger partial charge in [-0.05, 0) is 54.5 Å². The summed E-state index contributed by atoms with van der Waals surface area (Å²) >= 11 is 0. The highest BCUT2D eigenvalue weighted by Gasteiger charge is 2.52. The number of imidazole rings is 1. The average Bonchev–Trinajstić information content (AvgIpc) is 3.54. The van der Waals surface area contributed by atoms with Crippen molar-refractivity contribution in [3.05, 3.63) is 66.5 Å². The number of nitrogens with one attached hydrogen (secondary N) is 1. The monoisotopic (exact) mass is 554 g/mol. The molecule has 2 aromatic heterocycles. The lowest BCUT2D eigenvalue weighted by atomic mass is 9.81. The quantitative estimate of drug-likeness (QED) is 0.341. The Bertz CT molecular complexity index is 1610. The van der Waals surface area contributed by atoms with Gasteiger partial charge in [0.25, 0.3) is 0 Å². The van der Waals surface area contributed by atoms with Crippen LogP contribution in [0.2, 0.25) is 0 Å². The second kappa shape index (κ2) is 9.60. The lowest BCUT2D eigenvalue weighted by Crippen LogP contribution is -2.41. The molecule has 1 atom stereocenters. The van der Waals surface area contributed by atoms with E-state index in [2.05, 4.69) is 17.4 Å². The number of amides is 1. The summed E-state index contributed by atoms with van der Waals surface area (Å²) in [4.78, 5) is 22.0. The van der Waals surface area contributed by atoms with Crippen LogP contribution in [0.25, 0.3) is 28.3 Å². The maximum absolute atomic E-state index is 12.4. The topological polar surface area (TPSA) is 96.2 Å². The highest BCUT2D eigenvalue weighted by molar-refractivity contribution is 6.62. The largest absolute Gasteiger partial charge is 0.497 e. The third-order valence-electron chi connectivity index (χ3n) is 7.83. The lowest BCUT2D eigenvalue weighted by Gasteiger charge is -2.32. The molecule has 6 rings (SSSR count). The molecule has 1 fully saturated rings. The van der Waals surface area contributed by atoms with Crippen LogP contribution in [-0.2, 0) is 14.0 Å². The van der Waals surface area contributed by atoms with E-state index < -0.39 is 30.0 Å². The van der Waals surface area contributed by atoms with Crippen LogP contribution in [0.15, 0.2) is 60.9 Å². The maximum Gasteiger partial charge on any atom is 0.497 e. The highest BCUT2D eigenvalue weighted by atomic mass is 16.7. The molecular formula is C31H35BN4O5. The third-order valence-corrected chi connectivity index (χ3v) is 7.83. The molecule has 2 aromatic carbocycles. The van der Waals surface area contributed by atoms with Crippen LogP contribution in [0, 0.1) is 0 Å². The minimum Gasteiger partial charge on any atom is -0.491 e. The van der Waals surface area contributed by atoms with Crippen LogP contribution in [-0.4, -0.2) is 51.0 Å². The van der Waals surface area contributed by atoms with Crippen molar-refractivity contribution in [1.82, 2.24) is 19.7 Å². The molecule has 0 aliphatic carbocycles. The first-order valence-electron chi connectivity index (χ1n) is 13.9. The van der Waals surface area contributed by atoms with Crippen LogP contribution in [0.4, 0.5) is 4.79 Å². The zero-order valence-corrected chi connectivity index (χ0v) is 24.5. The van der Waals surface area contributed by atoms with Gasteiger partial charge in [-0.2, -0.15) is 0 Å². The lowest BCUT2D eigenvalue weighted by molar-refractivity contribution is 0.00578. The minimum absolute atomic E-state index is 0.298. The SMILES string of the molecule is CC(C)(C)OC(=O)N[C@H]1COc2cc(-c3nc4ncc(B5OC(C)(C)C(C)(C)O5)cn4c3-c3ccccc3)ccc21. The number of alkyl carbamates (subject to hydrolysis) is 1. The van der Waals surface area contributed by atoms with Crippen molar-refractivity contribution in [2.24, 2.45) is 0 Å². The van der Waals surface area contributed by atoms with E-state index in [1.165, 1.54) is 0 Å². The number of rotatable bonds is 4. The van der Waals surface area contributed by atoms with Crippen LogP contribution in [0.3, 0.4) is 0 Å². The molecule has 4 heterocycles. The average molecular weight is 554 g/mol. The van der Waals surface area contributed by atoms with Crippen molar-refractivity contribution in [2.75, 3.05) is 6.61 Å². The molecule has 2 aliphatic heterocycles. The molecule has 212 valence electrons. The van der Waals surface area contributed by atoms with Gasteiger partial charge in [0.05, 0.1) is 28.6 Å². The number of aromatic nitrogens is 3. The Morgan fingerprint density at radius 3 is 2.44 bits per heavy atom. The van der Waals surface area contributed by atoms with Gasteiger partial charge in [-0.1, -0.05) is 42.5 Å². The van der Waals surface area contributed by atoms with Crippen molar-refractivity contribution >= 4 is 24.5 Å². The smallest absolute Gasteiger partial charge is 0.491 e. The number of carbonyl (C=O) groups is 1. The van der Waals surface area contributed by atoms with Gasteiger partial charge in [-0.15, -0.1) is 0 Å². The molecule has 0 saturated carbocycles. The molecule has 0 unspecified atom stereocenters. The Kier molecular flexibility index (Phi) is 6.39. The first-order chi connectivity index (χ1) is 19.3. The Labute approximate surface area is 240 Å². The molecule has 1 N–H and O–H groups in total. The summed E-state index contributed by atoms with van der Waals surface area (Å²) in [5.41, 5.74) is 3.74. The van der Waals surface area contributed by atoms with Gasteiger partial charge in [-0.3, -0.25) is 4.40 Å². The second-order valence-corrected chi connectivity index (χ2v) is 12.6. The van der Waals surface area contributed by atoms with Crippen molar-refractivity contribution in [3.8, 4) is 28.3 Å². The van der Waals surface area contributed by atoms with Crippen LogP contribution in [0.5, 0.6) is 5.75 Å². The predicted octanol–water partition coefficient (Wildman–Crippen LogP) is 5.32. The predicted molar refractivity (Wildman–Crippen MR) is 157 cm³/mol. The fourth-order valence-electron chi connectivity index (χ4n) is 5.05. The van der Waals surface area contributed by atoms with E-state index in [1.807, 2.05) is 95.5 Å². The summed E-state index contributed by atoms with van der Waals surface area (Å²) in [6.07, 6.45) is 3.29. The number of carbonyl (C=O) groups excluding carboxylic acids is 1. The maximum atomic E-state index is 12.4. The molecule has 0 bridgehead atoms. The summed E-state index contributed by atoms with van der Waals surface area (Å²) < 4.78 is 26.0. The standard InChI is InChI=1S/C31H35BN4O5/c1-29(2,3)39-28(37)34-23-18-38-24-15-20(13-14-22(23)24)25-26(19-11-9-8-10-12-19)36-17-21(16-33-27(36)35-25)32-40-30(4,5)31(6,7)41-32/h8-17,23H,18H2,1-7H3,(H,34,37)/t23-/m0/s1. The van der Waals surface area contributed by atoms with Gasteiger partial charge in [0.2, 0.25) is 5.78 Å². The van der Waals surface area contributed by atoms with Crippen LogP contribution in [0.1, 0.15) is 60.1 Å². The van der Waals surface area contributed by atoms with E-state index in [-0.39, 0.29) is 6.04 Å². The van der Waals surface area contributed by atoms with E-state index in [0.29, 0.717) is 18.1 Å². The molecule has 41 heavy (non-hydrogen) atoms. The van der Waals surface area contributed by atoms with Gasteiger partial charge in [0, 0.05) is 34.5 Å². The van der Waals surface area contributed by atoms with Crippen molar-refractivity contribution < 1.29 is 23.6 Å². The number of nitrogens with zero attached hydrogens (tertiary/aromatic N) is 3. The highest BCUT2D eigenvalue weighted by Crippen LogP contribution is 2.40. The molecular weight excluding hydrogens is 519 g/mol. The van der Waals surface area contributed by atoms with Gasteiger partial charge >= 0.3 is 13.2 Å². The van der Waals surface area contributed by atoms with E-state index in [0.717, 1.165) is 33.5 Å². The van der Waals surface area contributed by atoms with E-state index in [1.54, 1.807) is 6.20 Å². The fourth-order valence-corrected chi connectivity index (χ4v) is 5.05. The van der Waals surface area contributed by atoms with Crippen molar-refractivity contribution in [3.63, 3.8) is 0 Å². The Balaban J connectivity index is 1.38. The third kappa shape index (κ3) is 5.06. The van der Waals surface area contributed by atoms with Gasteiger partial charge in [0.1, 0.15) is 18.0 Å². The zero-order valence-electron chi connectivity index (χ0n) is 24.5. The van der Waals surface area contributed by atoms with E-state index in [4.69, 9.17) is 28.8 Å². The first-order valence-corrected chi connectivity index (χ1v) is 13.9. The van der Waals surface area contributed by atoms with Gasteiger partial charge < -0.3 is 24.1 Å². The molecule has 10 heteroatoms. The summed E-state index contributed by atoms with van der Waals surface area (Å²) in [5.74, 6) is 1.26. The fraction of sp³-hybridized carbons (Fsp3) is 0.387. The summed E-state index contributed by atoms with van der Waals surface area (Å²) in [6, 6.07) is 15.7. The van der Waals surface area contributed by atoms with E-state index >= 15 is 0 Å². The van der Waals surface area contributed by atoms with Gasteiger partial charge in [-0.25, -0.2) is 14.8 Å². The molecule has 0 spiro atoms. The number of hydrogen-bond donors (Lipinski definition) is 1.